The number of rotatable bonds is 7. The third kappa shape index (κ3) is 6.22. The van der Waals surface area contributed by atoms with E-state index in [4.69, 9.17) is 4.74 Å². The lowest BCUT2D eigenvalue weighted by molar-refractivity contribution is -0.153. The number of nitrogens with one attached hydrogen (secondary N) is 2. The fourth-order valence-electron chi connectivity index (χ4n) is 4.68. The van der Waals surface area contributed by atoms with Crippen molar-refractivity contribution in [2.45, 2.75) is 50.1 Å². The second-order valence-electron chi connectivity index (χ2n) is 9.32. The molecular formula is C22H22F6N4O5S. The van der Waals surface area contributed by atoms with E-state index in [9.17, 15) is 44.3 Å². The SMILES string of the molecule is CS(=O)(=O)CC(=O)Nc1c(CCC(F)(F)F)nn2c1C(=O)N[C@]1(CCc3cc(OCC(F)(F)F)ccc31)C2. The van der Waals surface area contributed by atoms with E-state index in [1.54, 1.807) is 0 Å². The van der Waals surface area contributed by atoms with Crippen molar-refractivity contribution < 1.29 is 49.1 Å². The maximum atomic E-state index is 13.2. The van der Waals surface area contributed by atoms with Crippen LogP contribution in [0.25, 0.3) is 0 Å². The van der Waals surface area contributed by atoms with E-state index < -0.39 is 64.7 Å². The maximum absolute atomic E-state index is 13.2. The van der Waals surface area contributed by atoms with Gasteiger partial charge in [0.2, 0.25) is 5.91 Å². The molecule has 0 radical (unpaired) electrons. The van der Waals surface area contributed by atoms with E-state index in [0.717, 1.165) is 6.26 Å². The molecule has 2 N–H and O–H groups in total. The van der Waals surface area contributed by atoms with Crippen LogP contribution in [0.2, 0.25) is 0 Å². The largest absolute Gasteiger partial charge is 0.484 e. The molecule has 16 heteroatoms. The number of anilines is 1. The van der Waals surface area contributed by atoms with Crippen molar-refractivity contribution in [3.05, 3.63) is 40.7 Å². The lowest BCUT2D eigenvalue weighted by Crippen LogP contribution is -2.52. The summed E-state index contributed by atoms with van der Waals surface area (Å²) in [6.45, 7) is -1.51. The van der Waals surface area contributed by atoms with Gasteiger partial charge in [0.05, 0.1) is 23.5 Å². The molecule has 2 heterocycles. The Kier molecular flexibility index (Phi) is 6.91. The fourth-order valence-corrected chi connectivity index (χ4v) is 5.23. The molecule has 1 atom stereocenters. The molecule has 0 unspecified atom stereocenters. The van der Waals surface area contributed by atoms with E-state index in [-0.39, 0.29) is 29.4 Å². The summed E-state index contributed by atoms with van der Waals surface area (Å²) in [5.74, 6) is -2.76. The smallest absolute Gasteiger partial charge is 0.422 e. The Hall–Kier alpha value is -3.30. The first-order chi connectivity index (χ1) is 17.4. The number of nitrogens with zero attached hydrogens (tertiary/aromatic N) is 2. The highest BCUT2D eigenvalue weighted by Gasteiger charge is 2.46. The molecule has 0 bridgehead atoms. The number of benzene rings is 1. The van der Waals surface area contributed by atoms with E-state index in [1.165, 1.54) is 22.9 Å². The van der Waals surface area contributed by atoms with Crippen molar-refractivity contribution in [3.8, 4) is 5.75 Å². The zero-order chi connectivity index (χ0) is 28.1. The molecule has 0 fully saturated rings. The monoisotopic (exact) mass is 568 g/mol. The molecule has 1 aliphatic carbocycles. The number of amides is 2. The number of aromatic nitrogens is 2. The summed E-state index contributed by atoms with van der Waals surface area (Å²) in [5.41, 5.74) is -0.605. The van der Waals surface area contributed by atoms with Crippen molar-refractivity contribution >= 4 is 27.3 Å². The van der Waals surface area contributed by atoms with Crippen molar-refractivity contribution in [1.29, 1.82) is 0 Å². The molecule has 2 amide bonds. The molecule has 0 saturated heterocycles. The highest BCUT2D eigenvalue weighted by atomic mass is 32.2. The average molecular weight is 568 g/mol. The Balaban J connectivity index is 1.66. The van der Waals surface area contributed by atoms with Crippen molar-refractivity contribution in [2.24, 2.45) is 0 Å². The Morgan fingerprint density at radius 1 is 1.21 bits per heavy atom. The minimum absolute atomic E-state index is 0.00893. The molecule has 38 heavy (non-hydrogen) atoms. The summed E-state index contributed by atoms with van der Waals surface area (Å²) in [6.07, 6.45) is -9.55. The van der Waals surface area contributed by atoms with Crippen LogP contribution in [-0.4, -0.2) is 61.0 Å². The Morgan fingerprint density at radius 3 is 2.55 bits per heavy atom. The summed E-state index contributed by atoms with van der Waals surface area (Å²) in [6, 6.07) is 4.28. The lowest BCUT2D eigenvalue weighted by Gasteiger charge is -2.36. The highest BCUT2D eigenvalue weighted by Crippen LogP contribution is 2.43. The molecule has 4 rings (SSSR count). The number of carbonyl (C=O) groups excluding carboxylic acids is 2. The summed E-state index contributed by atoms with van der Waals surface area (Å²) >= 11 is 0. The van der Waals surface area contributed by atoms with Crippen LogP contribution in [0.5, 0.6) is 5.75 Å². The van der Waals surface area contributed by atoms with E-state index in [0.29, 0.717) is 24.0 Å². The first-order valence-corrected chi connectivity index (χ1v) is 13.3. The predicted octanol–water partition coefficient (Wildman–Crippen LogP) is 2.89. The van der Waals surface area contributed by atoms with Gasteiger partial charge in [0, 0.05) is 19.1 Å². The van der Waals surface area contributed by atoms with Gasteiger partial charge in [-0.2, -0.15) is 31.4 Å². The van der Waals surface area contributed by atoms with Crippen LogP contribution >= 0.6 is 0 Å². The van der Waals surface area contributed by atoms with Gasteiger partial charge in [0.1, 0.15) is 17.2 Å². The number of aryl methyl sites for hydroxylation is 2. The van der Waals surface area contributed by atoms with Crippen LogP contribution in [0.15, 0.2) is 18.2 Å². The summed E-state index contributed by atoms with van der Waals surface area (Å²) in [7, 11) is -3.77. The lowest BCUT2D eigenvalue weighted by atomic mass is 9.89. The Morgan fingerprint density at radius 2 is 1.92 bits per heavy atom. The minimum atomic E-state index is -4.56. The van der Waals surface area contributed by atoms with Gasteiger partial charge in [0.15, 0.2) is 16.4 Å². The molecule has 1 spiro atoms. The number of fused-ring (bicyclic) bond motifs is 3. The van der Waals surface area contributed by atoms with Gasteiger partial charge in [-0.05, 0) is 36.1 Å². The molecule has 1 aliphatic heterocycles. The van der Waals surface area contributed by atoms with E-state index >= 15 is 0 Å². The van der Waals surface area contributed by atoms with E-state index in [1.807, 2.05) is 0 Å². The molecule has 2 aliphatic rings. The minimum Gasteiger partial charge on any atom is -0.484 e. The first kappa shape index (κ1) is 27.7. The quantitative estimate of drug-likeness (QED) is 0.496. The summed E-state index contributed by atoms with van der Waals surface area (Å²) < 4.78 is 105. The number of alkyl halides is 6. The number of hydrogen-bond donors (Lipinski definition) is 2. The van der Waals surface area contributed by atoms with Crippen LogP contribution in [0.1, 0.15) is 40.2 Å². The average Bonchev–Trinajstić information content (AvgIpc) is 3.26. The number of halogens is 6. The van der Waals surface area contributed by atoms with Gasteiger partial charge in [-0.15, -0.1) is 0 Å². The van der Waals surface area contributed by atoms with Crippen LogP contribution in [0, 0.1) is 0 Å². The molecule has 0 saturated carbocycles. The van der Waals surface area contributed by atoms with Crippen LogP contribution < -0.4 is 15.4 Å². The van der Waals surface area contributed by atoms with Crippen molar-refractivity contribution in [1.82, 2.24) is 15.1 Å². The third-order valence-electron chi connectivity index (χ3n) is 6.13. The second kappa shape index (κ2) is 9.47. The van der Waals surface area contributed by atoms with Gasteiger partial charge < -0.3 is 15.4 Å². The van der Waals surface area contributed by atoms with Gasteiger partial charge in [0.25, 0.3) is 5.91 Å². The molecule has 1 aromatic carbocycles. The fraction of sp³-hybridized carbons (Fsp3) is 0.500. The molecular weight excluding hydrogens is 546 g/mol. The predicted molar refractivity (Wildman–Crippen MR) is 120 cm³/mol. The number of ether oxygens (including phenoxy) is 1. The van der Waals surface area contributed by atoms with Gasteiger partial charge in [-0.1, -0.05) is 6.07 Å². The summed E-state index contributed by atoms with van der Waals surface area (Å²) in [5, 5.41) is 9.21. The van der Waals surface area contributed by atoms with Crippen LogP contribution in [-0.2, 0) is 39.6 Å². The van der Waals surface area contributed by atoms with E-state index in [2.05, 4.69) is 15.7 Å². The Bertz CT molecular complexity index is 1390. The number of hydrogen-bond acceptors (Lipinski definition) is 6. The normalized spacial score (nSPS) is 19.2. The van der Waals surface area contributed by atoms with Crippen molar-refractivity contribution in [3.63, 3.8) is 0 Å². The molecule has 208 valence electrons. The highest BCUT2D eigenvalue weighted by molar-refractivity contribution is 7.91. The topological polar surface area (TPSA) is 119 Å². The molecule has 2 aromatic rings. The second-order valence-corrected chi connectivity index (χ2v) is 11.5. The van der Waals surface area contributed by atoms with Crippen LogP contribution in [0.4, 0.5) is 32.0 Å². The number of carbonyl (C=O) groups is 2. The maximum Gasteiger partial charge on any atom is 0.422 e. The van der Waals surface area contributed by atoms with Gasteiger partial charge in [-0.25, -0.2) is 8.42 Å². The standard InChI is InChI=1S/C22H22F6N4O5S/c1-38(35,36)9-16(33)29-17-15(5-7-21(23,24)25)31-32-10-20(30-19(34)18(17)32)6-4-12-8-13(2-3-14(12)20)37-11-22(26,27)28/h2-3,8H,4-7,9-11H2,1H3,(H,29,33)(H,30,34)/t20-/m1/s1. The number of sulfone groups is 1. The zero-order valence-corrected chi connectivity index (χ0v) is 20.6. The molecule has 9 nitrogen and oxygen atoms in total. The van der Waals surface area contributed by atoms with Crippen molar-refractivity contribution in [2.75, 3.05) is 23.9 Å². The Labute approximate surface area is 212 Å². The first-order valence-electron chi connectivity index (χ1n) is 11.2. The van der Waals surface area contributed by atoms with Gasteiger partial charge >= 0.3 is 12.4 Å². The zero-order valence-electron chi connectivity index (χ0n) is 19.8. The third-order valence-corrected chi connectivity index (χ3v) is 6.92. The molecule has 1 aromatic heterocycles. The van der Waals surface area contributed by atoms with Gasteiger partial charge in [-0.3, -0.25) is 14.3 Å². The summed E-state index contributed by atoms with van der Waals surface area (Å²) in [4.78, 5) is 25.5. The van der Waals surface area contributed by atoms with Crippen LogP contribution in [0.3, 0.4) is 0 Å².